The normalized spacial score (nSPS) is 10.1. The van der Waals surface area contributed by atoms with Crippen LogP contribution < -0.4 is 15.4 Å². The second-order valence-electron chi connectivity index (χ2n) is 5.55. The topological polar surface area (TPSA) is 33.3 Å². The number of benzene rings is 3. The number of hydrogen-bond acceptors (Lipinski definition) is 2. The van der Waals surface area contributed by atoms with Gasteiger partial charge in [0.05, 0.1) is 6.61 Å². The summed E-state index contributed by atoms with van der Waals surface area (Å²) in [4.78, 5) is 0. The molecule has 0 saturated heterocycles. The highest BCUT2D eigenvalue weighted by Crippen LogP contribution is 2.16. The minimum Gasteiger partial charge on any atom is -0.493 e. The first-order valence-corrected chi connectivity index (χ1v) is 8.60. The van der Waals surface area contributed by atoms with Crippen molar-refractivity contribution < 1.29 is 4.74 Å². The number of anilines is 2. The van der Waals surface area contributed by atoms with Gasteiger partial charge in [0.1, 0.15) is 5.75 Å². The Morgan fingerprint density at radius 1 is 0.720 bits per heavy atom. The molecule has 0 aromatic heterocycles. The van der Waals surface area contributed by atoms with Gasteiger partial charge in [-0.1, -0.05) is 48.5 Å². The lowest BCUT2D eigenvalue weighted by molar-refractivity contribution is 0.322. The van der Waals surface area contributed by atoms with Crippen molar-refractivity contribution in [3.63, 3.8) is 0 Å². The van der Waals surface area contributed by atoms with Gasteiger partial charge in [-0.2, -0.15) is 0 Å². The third-order valence-corrected chi connectivity index (χ3v) is 3.85. The summed E-state index contributed by atoms with van der Waals surface area (Å²) in [6.07, 6.45) is 0.895. The summed E-state index contributed by atoms with van der Waals surface area (Å²) in [5.41, 5.74) is 3.16. The van der Waals surface area contributed by atoms with Gasteiger partial charge in [0.2, 0.25) is 0 Å². The molecule has 126 valence electrons. The molecule has 25 heavy (non-hydrogen) atoms. The highest BCUT2D eigenvalue weighted by molar-refractivity contribution is 7.80. The molecule has 0 aliphatic carbocycles. The van der Waals surface area contributed by atoms with Crippen LogP contribution in [0.4, 0.5) is 11.4 Å². The van der Waals surface area contributed by atoms with Crippen LogP contribution in [0.2, 0.25) is 0 Å². The average Bonchev–Trinajstić information content (AvgIpc) is 2.65. The second kappa shape index (κ2) is 8.85. The molecule has 0 aliphatic heterocycles. The molecule has 0 saturated carbocycles. The van der Waals surface area contributed by atoms with Crippen molar-refractivity contribution in [3.8, 4) is 5.75 Å². The summed E-state index contributed by atoms with van der Waals surface area (Å²) in [7, 11) is 0. The molecule has 0 fully saturated rings. The molecule has 3 nitrogen and oxygen atoms in total. The lowest BCUT2D eigenvalue weighted by Crippen LogP contribution is -2.18. The lowest BCUT2D eigenvalue weighted by atomic mass is 10.2. The lowest BCUT2D eigenvalue weighted by Gasteiger charge is -2.11. The van der Waals surface area contributed by atoms with Crippen LogP contribution in [0.25, 0.3) is 0 Å². The fourth-order valence-electron chi connectivity index (χ4n) is 2.38. The van der Waals surface area contributed by atoms with Gasteiger partial charge >= 0.3 is 0 Å². The van der Waals surface area contributed by atoms with Crippen molar-refractivity contribution in [2.24, 2.45) is 0 Å². The Balaban J connectivity index is 1.46. The number of nitrogens with one attached hydrogen (secondary N) is 2. The largest absolute Gasteiger partial charge is 0.493 e. The Morgan fingerprint density at radius 2 is 1.28 bits per heavy atom. The Labute approximate surface area is 153 Å². The van der Waals surface area contributed by atoms with Crippen molar-refractivity contribution in [3.05, 3.63) is 90.5 Å². The SMILES string of the molecule is S=C(Nc1ccccc1)Nc1ccc(OCCc2ccccc2)cc1. The van der Waals surface area contributed by atoms with Crippen LogP contribution in [-0.2, 0) is 6.42 Å². The third kappa shape index (κ3) is 5.62. The predicted molar refractivity (Wildman–Crippen MR) is 108 cm³/mol. The smallest absolute Gasteiger partial charge is 0.175 e. The van der Waals surface area contributed by atoms with E-state index in [0.29, 0.717) is 11.7 Å². The number of rotatable bonds is 6. The molecule has 0 heterocycles. The van der Waals surface area contributed by atoms with Crippen LogP contribution in [0.1, 0.15) is 5.56 Å². The van der Waals surface area contributed by atoms with Crippen LogP contribution in [0.3, 0.4) is 0 Å². The van der Waals surface area contributed by atoms with E-state index < -0.39 is 0 Å². The predicted octanol–water partition coefficient (Wildman–Crippen LogP) is 5.12. The van der Waals surface area contributed by atoms with E-state index in [2.05, 4.69) is 22.8 Å². The second-order valence-corrected chi connectivity index (χ2v) is 5.96. The standard InChI is InChI=1S/C21H20N2OS/c25-21(22-18-9-5-2-6-10-18)23-19-11-13-20(14-12-19)24-16-15-17-7-3-1-4-8-17/h1-14H,15-16H2,(H2,22,23,25). The quantitative estimate of drug-likeness (QED) is 0.606. The van der Waals surface area contributed by atoms with Crippen molar-refractivity contribution in [1.29, 1.82) is 0 Å². The van der Waals surface area contributed by atoms with E-state index in [9.17, 15) is 0 Å². The van der Waals surface area contributed by atoms with Gasteiger partial charge in [-0.25, -0.2) is 0 Å². The van der Waals surface area contributed by atoms with Gasteiger partial charge < -0.3 is 15.4 Å². The first kappa shape index (κ1) is 17.0. The molecule has 0 radical (unpaired) electrons. The van der Waals surface area contributed by atoms with Crippen molar-refractivity contribution in [2.75, 3.05) is 17.2 Å². The van der Waals surface area contributed by atoms with Gasteiger partial charge in [0.15, 0.2) is 5.11 Å². The molecule has 0 aliphatic rings. The van der Waals surface area contributed by atoms with Crippen molar-refractivity contribution in [2.45, 2.75) is 6.42 Å². The van der Waals surface area contributed by atoms with Gasteiger partial charge in [0, 0.05) is 17.8 Å². The summed E-state index contributed by atoms with van der Waals surface area (Å²) in [5.74, 6) is 0.850. The molecule has 0 unspecified atom stereocenters. The van der Waals surface area contributed by atoms with Crippen LogP contribution in [-0.4, -0.2) is 11.7 Å². The zero-order valence-corrected chi connectivity index (χ0v) is 14.6. The number of para-hydroxylation sites is 1. The maximum atomic E-state index is 5.79. The van der Waals surface area contributed by atoms with Crippen LogP contribution in [0.5, 0.6) is 5.75 Å². The van der Waals surface area contributed by atoms with Gasteiger partial charge in [0.25, 0.3) is 0 Å². The third-order valence-electron chi connectivity index (χ3n) is 3.65. The number of ether oxygens (including phenoxy) is 1. The van der Waals surface area contributed by atoms with E-state index >= 15 is 0 Å². The molecule has 0 spiro atoms. The zero-order valence-electron chi connectivity index (χ0n) is 13.8. The molecule has 3 aromatic carbocycles. The van der Waals surface area contributed by atoms with Gasteiger partial charge in [-0.15, -0.1) is 0 Å². The van der Waals surface area contributed by atoms with Crippen LogP contribution in [0.15, 0.2) is 84.9 Å². The minimum absolute atomic E-state index is 0.559. The highest BCUT2D eigenvalue weighted by Gasteiger charge is 2.00. The summed E-state index contributed by atoms with van der Waals surface area (Å²) < 4.78 is 5.79. The zero-order chi connectivity index (χ0) is 17.3. The first-order valence-electron chi connectivity index (χ1n) is 8.19. The molecule has 2 N–H and O–H groups in total. The van der Waals surface area contributed by atoms with E-state index in [4.69, 9.17) is 17.0 Å². The Morgan fingerprint density at radius 3 is 1.92 bits per heavy atom. The molecule has 4 heteroatoms. The fraction of sp³-hybridized carbons (Fsp3) is 0.0952. The highest BCUT2D eigenvalue weighted by atomic mass is 32.1. The van der Waals surface area contributed by atoms with E-state index in [1.807, 2.05) is 72.8 Å². The maximum Gasteiger partial charge on any atom is 0.175 e. The number of thiocarbonyl (C=S) groups is 1. The molecule has 0 amide bonds. The van der Waals surface area contributed by atoms with Crippen molar-refractivity contribution in [1.82, 2.24) is 0 Å². The molecule has 3 aromatic rings. The van der Waals surface area contributed by atoms with E-state index in [1.54, 1.807) is 0 Å². The monoisotopic (exact) mass is 348 g/mol. The number of hydrogen-bond donors (Lipinski definition) is 2. The van der Waals surface area contributed by atoms with Gasteiger partial charge in [-0.3, -0.25) is 0 Å². The Kier molecular flexibility index (Phi) is 6.01. The summed E-state index contributed by atoms with van der Waals surface area (Å²) in [5, 5.41) is 6.87. The molecule has 0 atom stereocenters. The molecule has 3 rings (SSSR count). The maximum absolute atomic E-state index is 5.79. The van der Waals surface area contributed by atoms with Crippen molar-refractivity contribution >= 4 is 28.7 Å². The molecular weight excluding hydrogens is 328 g/mol. The summed E-state index contributed by atoms with van der Waals surface area (Å²) in [6.45, 7) is 0.658. The average molecular weight is 348 g/mol. The molecule has 0 bridgehead atoms. The fourth-order valence-corrected chi connectivity index (χ4v) is 2.62. The minimum atomic E-state index is 0.559. The molecular formula is C21H20N2OS. The van der Waals surface area contributed by atoms with E-state index in [1.165, 1.54) is 5.56 Å². The summed E-state index contributed by atoms with van der Waals surface area (Å²) >= 11 is 5.32. The summed E-state index contributed by atoms with van der Waals surface area (Å²) in [6, 6.07) is 28.0. The Hall–Kier alpha value is -2.85. The van der Waals surface area contributed by atoms with Gasteiger partial charge in [-0.05, 0) is 54.2 Å². The Bertz CT molecular complexity index is 789. The van der Waals surface area contributed by atoms with Crippen LogP contribution in [0, 0.1) is 0 Å². The van der Waals surface area contributed by atoms with E-state index in [-0.39, 0.29) is 0 Å². The van der Waals surface area contributed by atoms with E-state index in [0.717, 1.165) is 23.5 Å². The first-order chi connectivity index (χ1) is 12.3. The van der Waals surface area contributed by atoms with Crippen LogP contribution >= 0.6 is 12.2 Å².